The van der Waals surface area contributed by atoms with Crippen molar-refractivity contribution in [2.75, 3.05) is 24.5 Å². The first kappa shape index (κ1) is 18.4. The predicted molar refractivity (Wildman–Crippen MR) is 106 cm³/mol. The van der Waals surface area contributed by atoms with Gasteiger partial charge in [-0.15, -0.1) is 0 Å². The number of hydrogen-bond donors (Lipinski definition) is 1. The van der Waals surface area contributed by atoms with Gasteiger partial charge in [-0.05, 0) is 48.8 Å². The number of carbonyl (C=O) groups excluding carboxylic acids is 1. The van der Waals surface area contributed by atoms with Gasteiger partial charge in [-0.2, -0.15) is 0 Å². The van der Waals surface area contributed by atoms with Gasteiger partial charge in [0, 0.05) is 31.5 Å². The van der Waals surface area contributed by atoms with Crippen molar-refractivity contribution in [3.8, 4) is 0 Å². The van der Waals surface area contributed by atoms with E-state index in [9.17, 15) is 4.79 Å². The van der Waals surface area contributed by atoms with Gasteiger partial charge in [0.2, 0.25) is 0 Å². The SMILES string of the molecule is CC(C)CNC(=O)c1cc(N2CCC(Cc3ccccc3)CC2)ccn1. The maximum Gasteiger partial charge on any atom is 0.269 e. The molecule has 2 aromatic rings. The molecular formula is C22H29N3O. The van der Waals surface area contributed by atoms with Crippen LogP contribution in [0.3, 0.4) is 0 Å². The van der Waals surface area contributed by atoms with Gasteiger partial charge in [-0.1, -0.05) is 44.2 Å². The lowest BCUT2D eigenvalue weighted by atomic mass is 9.90. The zero-order chi connectivity index (χ0) is 18.4. The number of aromatic nitrogens is 1. The first-order valence-electron chi connectivity index (χ1n) is 9.65. The fourth-order valence-electron chi connectivity index (χ4n) is 3.47. The van der Waals surface area contributed by atoms with E-state index >= 15 is 0 Å². The van der Waals surface area contributed by atoms with Gasteiger partial charge in [-0.25, -0.2) is 0 Å². The molecule has 138 valence electrons. The van der Waals surface area contributed by atoms with Crippen LogP contribution in [0.1, 0.15) is 42.7 Å². The first-order chi connectivity index (χ1) is 12.6. The summed E-state index contributed by atoms with van der Waals surface area (Å²) in [5.74, 6) is 1.09. The van der Waals surface area contributed by atoms with Crippen LogP contribution >= 0.6 is 0 Å². The van der Waals surface area contributed by atoms with Crippen LogP contribution in [0, 0.1) is 11.8 Å². The molecule has 0 aliphatic carbocycles. The maximum atomic E-state index is 12.2. The standard InChI is InChI=1S/C22H29N3O/c1-17(2)16-24-22(26)21-15-20(8-11-23-21)25-12-9-19(10-13-25)14-18-6-4-3-5-7-18/h3-8,11,15,17,19H,9-10,12-14,16H2,1-2H3,(H,24,26). The van der Waals surface area contributed by atoms with Crippen molar-refractivity contribution in [2.45, 2.75) is 33.1 Å². The summed E-state index contributed by atoms with van der Waals surface area (Å²) in [6.07, 6.45) is 5.28. The van der Waals surface area contributed by atoms with Gasteiger partial charge in [-0.3, -0.25) is 9.78 Å². The summed E-state index contributed by atoms with van der Waals surface area (Å²) in [5.41, 5.74) is 3.04. The third-order valence-electron chi connectivity index (χ3n) is 4.99. The van der Waals surface area contributed by atoms with Crippen LogP contribution < -0.4 is 10.2 Å². The van der Waals surface area contributed by atoms with Gasteiger partial charge in [0.15, 0.2) is 0 Å². The fraction of sp³-hybridized carbons (Fsp3) is 0.455. The normalized spacial score (nSPS) is 15.3. The highest BCUT2D eigenvalue weighted by atomic mass is 16.1. The molecule has 3 rings (SSSR count). The molecule has 2 heterocycles. The second kappa shape index (κ2) is 8.84. The minimum Gasteiger partial charge on any atom is -0.371 e. The van der Waals surface area contributed by atoms with Crippen LogP contribution in [-0.4, -0.2) is 30.5 Å². The van der Waals surface area contributed by atoms with Crippen molar-refractivity contribution in [2.24, 2.45) is 11.8 Å². The largest absolute Gasteiger partial charge is 0.371 e. The number of carbonyl (C=O) groups is 1. The average molecular weight is 351 g/mol. The highest BCUT2D eigenvalue weighted by molar-refractivity contribution is 5.93. The molecule has 4 nitrogen and oxygen atoms in total. The van der Waals surface area contributed by atoms with Gasteiger partial charge >= 0.3 is 0 Å². The van der Waals surface area contributed by atoms with Crippen LogP contribution in [-0.2, 0) is 6.42 Å². The number of hydrogen-bond acceptors (Lipinski definition) is 3. The topological polar surface area (TPSA) is 45.2 Å². The van der Waals surface area contributed by atoms with Crippen molar-refractivity contribution in [3.05, 3.63) is 59.9 Å². The zero-order valence-corrected chi connectivity index (χ0v) is 15.8. The van der Waals surface area contributed by atoms with E-state index in [-0.39, 0.29) is 5.91 Å². The lowest BCUT2D eigenvalue weighted by Gasteiger charge is -2.33. The van der Waals surface area contributed by atoms with E-state index < -0.39 is 0 Å². The van der Waals surface area contributed by atoms with Gasteiger partial charge in [0.25, 0.3) is 5.91 Å². The van der Waals surface area contributed by atoms with E-state index in [0.29, 0.717) is 18.2 Å². The molecule has 0 bridgehead atoms. The van der Waals surface area contributed by atoms with Crippen LogP contribution in [0.25, 0.3) is 0 Å². The molecule has 0 spiro atoms. The Morgan fingerprint density at radius 2 is 1.92 bits per heavy atom. The molecule has 0 atom stereocenters. The second-order valence-corrected chi connectivity index (χ2v) is 7.62. The van der Waals surface area contributed by atoms with Crippen LogP contribution in [0.15, 0.2) is 48.7 Å². The number of anilines is 1. The quantitative estimate of drug-likeness (QED) is 0.858. The Morgan fingerprint density at radius 3 is 2.62 bits per heavy atom. The van der Waals surface area contributed by atoms with Crippen molar-refractivity contribution in [3.63, 3.8) is 0 Å². The number of amides is 1. The molecular weight excluding hydrogens is 322 g/mol. The molecule has 0 unspecified atom stereocenters. The third-order valence-corrected chi connectivity index (χ3v) is 4.99. The number of nitrogens with one attached hydrogen (secondary N) is 1. The van der Waals surface area contributed by atoms with E-state index in [1.54, 1.807) is 6.20 Å². The molecule has 0 radical (unpaired) electrons. The van der Waals surface area contributed by atoms with E-state index in [2.05, 4.69) is 59.4 Å². The maximum absolute atomic E-state index is 12.2. The number of piperidine rings is 1. The molecule has 0 saturated carbocycles. The van der Waals surface area contributed by atoms with Gasteiger partial charge in [0.05, 0.1) is 0 Å². The summed E-state index contributed by atoms with van der Waals surface area (Å²) in [7, 11) is 0. The van der Waals surface area contributed by atoms with Crippen LogP contribution in [0.5, 0.6) is 0 Å². The lowest BCUT2D eigenvalue weighted by Crippen LogP contribution is -2.34. The first-order valence-corrected chi connectivity index (χ1v) is 9.65. The molecule has 1 N–H and O–H groups in total. The minimum atomic E-state index is -0.0838. The Bertz CT molecular complexity index is 706. The summed E-state index contributed by atoms with van der Waals surface area (Å²) >= 11 is 0. The van der Waals surface area contributed by atoms with E-state index in [1.165, 1.54) is 18.4 Å². The summed E-state index contributed by atoms with van der Waals surface area (Å²) in [4.78, 5) is 18.9. The Hall–Kier alpha value is -2.36. The number of pyridine rings is 1. The van der Waals surface area contributed by atoms with Crippen molar-refractivity contribution < 1.29 is 4.79 Å². The molecule has 1 amide bonds. The monoisotopic (exact) mass is 351 g/mol. The fourth-order valence-corrected chi connectivity index (χ4v) is 3.47. The zero-order valence-electron chi connectivity index (χ0n) is 15.8. The van der Waals surface area contributed by atoms with Crippen molar-refractivity contribution in [1.29, 1.82) is 0 Å². The molecule has 1 fully saturated rings. The summed E-state index contributed by atoms with van der Waals surface area (Å²) in [6.45, 7) is 6.92. The lowest BCUT2D eigenvalue weighted by molar-refractivity contribution is 0.0944. The van der Waals surface area contributed by atoms with Crippen molar-refractivity contribution in [1.82, 2.24) is 10.3 Å². The molecule has 1 aromatic carbocycles. The summed E-state index contributed by atoms with van der Waals surface area (Å²) in [6, 6.07) is 14.7. The van der Waals surface area contributed by atoms with Gasteiger partial charge in [0.1, 0.15) is 5.69 Å². The highest BCUT2D eigenvalue weighted by Gasteiger charge is 2.20. The Morgan fingerprint density at radius 1 is 1.19 bits per heavy atom. The number of benzene rings is 1. The molecule has 1 saturated heterocycles. The minimum absolute atomic E-state index is 0.0838. The van der Waals surface area contributed by atoms with Crippen LogP contribution in [0.2, 0.25) is 0 Å². The highest BCUT2D eigenvalue weighted by Crippen LogP contribution is 2.25. The Balaban J connectivity index is 1.56. The average Bonchev–Trinajstić information content (AvgIpc) is 2.67. The third kappa shape index (κ3) is 5.07. The number of nitrogens with zero attached hydrogens (tertiary/aromatic N) is 2. The molecule has 1 aliphatic rings. The van der Waals surface area contributed by atoms with Crippen molar-refractivity contribution >= 4 is 11.6 Å². The summed E-state index contributed by atoms with van der Waals surface area (Å²) < 4.78 is 0. The molecule has 1 aromatic heterocycles. The molecule has 4 heteroatoms. The van der Waals surface area contributed by atoms with Crippen LogP contribution in [0.4, 0.5) is 5.69 Å². The number of rotatable bonds is 6. The van der Waals surface area contributed by atoms with E-state index in [1.807, 2.05) is 12.1 Å². The van der Waals surface area contributed by atoms with Gasteiger partial charge < -0.3 is 10.2 Å². The van der Waals surface area contributed by atoms with E-state index in [4.69, 9.17) is 0 Å². The summed E-state index contributed by atoms with van der Waals surface area (Å²) in [5, 5.41) is 2.94. The molecule has 1 aliphatic heterocycles. The second-order valence-electron chi connectivity index (χ2n) is 7.62. The molecule has 26 heavy (non-hydrogen) atoms. The Labute approximate surface area is 156 Å². The van der Waals surface area contributed by atoms with E-state index in [0.717, 1.165) is 31.1 Å². The Kier molecular flexibility index (Phi) is 6.26. The smallest absolute Gasteiger partial charge is 0.269 e. The predicted octanol–water partition coefficient (Wildman–Crippen LogP) is 3.93.